The number of ketones is 2. The molecule has 2 N–H and O–H groups in total. The van der Waals surface area contributed by atoms with Crippen molar-refractivity contribution >= 4 is 38.7 Å². The number of rotatable bonds is 4. The summed E-state index contributed by atoms with van der Waals surface area (Å²) in [5, 5.41) is 2.91. The van der Waals surface area contributed by atoms with Crippen molar-refractivity contribution in [2.24, 2.45) is 0 Å². The Morgan fingerprint density at radius 1 is 1.00 bits per heavy atom. The number of benzene rings is 2. The van der Waals surface area contributed by atoms with E-state index in [0.29, 0.717) is 21.7 Å². The molecule has 2 aromatic carbocycles. The van der Waals surface area contributed by atoms with Crippen molar-refractivity contribution in [1.29, 1.82) is 0 Å². The Balaban J connectivity index is 1.83. The number of Topliss-reactive ketones (excluding diaryl/α,β-unsaturated/α-hetero) is 1. The highest BCUT2D eigenvalue weighted by molar-refractivity contribution is 7.99. The highest BCUT2D eigenvalue weighted by Gasteiger charge is 2.25. The molecule has 0 saturated heterocycles. The number of anilines is 1. The third-order valence-electron chi connectivity index (χ3n) is 3.78. The summed E-state index contributed by atoms with van der Waals surface area (Å²) in [5.74, 6) is 2.58. The van der Waals surface area contributed by atoms with E-state index in [0.717, 1.165) is 0 Å². The van der Waals surface area contributed by atoms with Crippen molar-refractivity contribution in [3.63, 3.8) is 0 Å². The molecular formula is C19H16N2O4S. The van der Waals surface area contributed by atoms with Crippen LogP contribution in [0.2, 0.25) is 0 Å². The van der Waals surface area contributed by atoms with Gasteiger partial charge in [-0.25, -0.2) is 4.21 Å². The van der Waals surface area contributed by atoms with Gasteiger partial charge in [-0.1, -0.05) is 24.3 Å². The van der Waals surface area contributed by atoms with Crippen LogP contribution < -0.4 is 10.0 Å². The van der Waals surface area contributed by atoms with E-state index in [1.807, 2.05) is 0 Å². The van der Waals surface area contributed by atoms with Gasteiger partial charge in [0.2, 0.25) is 11.7 Å². The molecule has 0 aliphatic heterocycles. The van der Waals surface area contributed by atoms with Gasteiger partial charge in [-0.15, -0.1) is 0 Å². The Bertz CT molecular complexity index is 1050. The van der Waals surface area contributed by atoms with E-state index >= 15 is 0 Å². The third-order valence-corrected chi connectivity index (χ3v) is 5.43. The highest BCUT2D eigenvalue weighted by atomic mass is 32.2. The largest absolute Gasteiger partial charge is 0.352 e. The molecule has 6 nitrogen and oxygen atoms in total. The molecule has 1 amide bonds. The van der Waals surface area contributed by atoms with Crippen molar-refractivity contribution in [3.8, 4) is 0 Å². The van der Waals surface area contributed by atoms with Gasteiger partial charge in [-0.05, 0) is 30.1 Å². The average Bonchev–Trinajstić information content (AvgIpc) is 2.59. The molecule has 0 heterocycles. The summed E-state index contributed by atoms with van der Waals surface area (Å²) in [6.45, 7) is 1.26. The van der Waals surface area contributed by atoms with Gasteiger partial charge in [0.15, 0.2) is 5.78 Å². The monoisotopic (exact) mass is 368 g/mol. The molecule has 0 spiro atoms. The van der Waals surface area contributed by atoms with Crippen molar-refractivity contribution in [2.45, 2.75) is 11.8 Å². The number of allylic oxidation sites excluding steroid dienone is 2. The van der Waals surface area contributed by atoms with Crippen LogP contribution in [0.3, 0.4) is 0 Å². The van der Waals surface area contributed by atoms with Gasteiger partial charge in [0.05, 0.1) is 15.4 Å². The summed E-state index contributed by atoms with van der Waals surface area (Å²) >= 11 is 0. The maximum atomic E-state index is 12.5. The molecule has 3 rings (SSSR count). The third kappa shape index (κ3) is 3.43. The molecule has 132 valence electrons. The van der Waals surface area contributed by atoms with Gasteiger partial charge < -0.3 is 5.32 Å². The molecule has 0 fully saturated rings. The highest BCUT2D eigenvalue weighted by Crippen LogP contribution is 2.23. The fourth-order valence-corrected chi connectivity index (χ4v) is 3.77. The molecule has 0 aromatic heterocycles. The molecule has 26 heavy (non-hydrogen) atoms. The molecule has 0 saturated carbocycles. The fraction of sp³-hybridized carbons (Fsp3) is 0.0526. The quantitative estimate of drug-likeness (QED) is 0.807. The van der Waals surface area contributed by atoms with Gasteiger partial charge in [-0.3, -0.25) is 19.1 Å². The number of carbonyl (C=O) groups excluding carboxylic acids is 3. The molecular weight excluding hydrogens is 352 g/mol. The van der Waals surface area contributed by atoms with E-state index in [2.05, 4.69) is 15.9 Å². The second-order valence-electron chi connectivity index (χ2n) is 5.78. The Labute approximate surface area is 151 Å². The minimum atomic E-state index is -2.93. The predicted octanol–water partition coefficient (Wildman–Crippen LogP) is 2.19. The maximum absolute atomic E-state index is 12.5. The Hall–Kier alpha value is -3.19. The molecule has 7 heteroatoms. The first-order valence-electron chi connectivity index (χ1n) is 7.70. The van der Waals surface area contributed by atoms with Gasteiger partial charge in [0.25, 0.3) is 0 Å². The zero-order chi connectivity index (χ0) is 18.9. The van der Waals surface area contributed by atoms with Gasteiger partial charge in [0, 0.05) is 34.7 Å². The summed E-state index contributed by atoms with van der Waals surface area (Å²) in [7, 11) is -2.93. The number of hydrogen-bond donors (Lipinski definition) is 2. The second-order valence-corrected chi connectivity index (χ2v) is 7.81. The Morgan fingerprint density at radius 3 is 2.23 bits per heavy atom. The van der Waals surface area contributed by atoms with Crippen molar-refractivity contribution in [1.82, 2.24) is 4.72 Å². The minimum absolute atomic E-state index is 0.165. The number of fused-ring (bicyclic) bond motifs is 1. The van der Waals surface area contributed by atoms with E-state index in [4.69, 9.17) is 0 Å². The molecule has 1 atom stereocenters. The summed E-state index contributed by atoms with van der Waals surface area (Å²) in [5.41, 5.74) is 1.44. The lowest BCUT2D eigenvalue weighted by atomic mass is 9.92. The van der Waals surface area contributed by atoms with Gasteiger partial charge in [0.1, 0.15) is 0 Å². The van der Waals surface area contributed by atoms with Crippen molar-refractivity contribution in [3.05, 3.63) is 71.4 Å². The minimum Gasteiger partial charge on any atom is -0.352 e. The smallest absolute Gasteiger partial charge is 0.228 e. The van der Waals surface area contributed by atoms with E-state index in [9.17, 15) is 18.6 Å². The lowest BCUT2D eigenvalue weighted by Crippen LogP contribution is -2.27. The van der Waals surface area contributed by atoms with Crippen LogP contribution in [0.4, 0.5) is 5.69 Å². The predicted molar refractivity (Wildman–Crippen MR) is 101 cm³/mol. The fourth-order valence-electron chi connectivity index (χ4n) is 2.61. The van der Waals surface area contributed by atoms with Crippen molar-refractivity contribution in [2.75, 3.05) is 5.32 Å². The van der Waals surface area contributed by atoms with E-state index < -0.39 is 15.6 Å². The van der Waals surface area contributed by atoms with Crippen LogP contribution in [0.5, 0.6) is 0 Å². The van der Waals surface area contributed by atoms with Crippen LogP contribution in [0, 0.1) is 0 Å². The molecule has 1 aliphatic carbocycles. The SMILES string of the molecule is C=S(=O)(NC(C)=O)c1ccc(NC2=CC(=O)c3ccccc3C2=O)cc1. The standard InChI is InChI=1S/C19H16N2O4S/c1-12(22)21-26(2,25)14-9-7-13(8-10-14)20-17-11-18(23)15-5-3-4-6-16(15)19(17)24/h3-11,20H,2H2,1H3,(H,21,22,25). The first kappa shape index (κ1) is 17.6. The van der Waals surface area contributed by atoms with Crippen LogP contribution in [0.25, 0.3) is 0 Å². The van der Waals surface area contributed by atoms with Crippen LogP contribution in [-0.4, -0.2) is 27.6 Å². The zero-order valence-electron chi connectivity index (χ0n) is 13.9. The summed E-state index contributed by atoms with van der Waals surface area (Å²) in [6.07, 6.45) is 1.26. The Kier molecular flexibility index (Phi) is 4.48. The normalized spacial score (nSPS) is 15.5. The summed E-state index contributed by atoms with van der Waals surface area (Å²) in [6, 6.07) is 12.9. The lowest BCUT2D eigenvalue weighted by molar-refractivity contribution is -0.117. The first-order chi connectivity index (χ1) is 12.3. The topological polar surface area (TPSA) is 92.3 Å². The van der Waals surface area contributed by atoms with Crippen LogP contribution in [0.15, 0.2) is 65.2 Å². The maximum Gasteiger partial charge on any atom is 0.228 e. The summed E-state index contributed by atoms with van der Waals surface area (Å²) in [4.78, 5) is 36.2. The first-order valence-corrected chi connectivity index (χ1v) is 9.43. The molecule has 0 bridgehead atoms. The number of carbonyl (C=O) groups is 3. The number of amides is 1. The van der Waals surface area contributed by atoms with Crippen LogP contribution >= 0.6 is 0 Å². The van der Waals surface area contributed by atoms with E-state index in [1.54, 1.807) is 36.4 Å². The summed E-state index contributed by atoms with van der Waals surface area (Å²) < 4.78 is 14.7. The zero-order valence-corrected chi connectivity index (χ0v) is 14.8. The van der Waals surface area contributed by atoms with E-state index in [1.165, 1.54) is 25.1 Å². The molecule has 0 radical (unpaired) electrons. The lowest BCUT2D eigenvalue weighted by Gasteiger charge is -2.17. The van der Waals surface area contributed by atoms with Gasteiger partial charge in [-0.2, -0.15) is 0 Å². The Morgan fingerprint density at radius 2 is 1.62 bits per heavy atom. The average molecular weight is 368 g/mol. The molecule has 2 aromatic rings. The molecule has 1 aliphatic rings. The van der Waals surface area contributed by atoms with Crippen molar-refractivity contribution < 1.29 is 18.6 Å². The molecule has 1 unspecified atom stereocenters. The number of nitrogens with one attached hydrogen (secondary N) is 2. The van der Waals surface area contributed by atoms with E-state index in [-0.39, 0.29) is 17.3 Å². The van der Waals surface area contributed by atoms with Crippen LogP contribution in [-0.2, 0) is 14.5 Å². The number of hydrogen-bond acceptors (Lipinski definition) is 5. The van der Waals surface area contributed by atoms with Crippen LogP contribution in [0.1, 0.15) is 27.6 Å². The van der Waals surface area contributed by atoms with Gasteiger partial charge >= 0.3 is 0 Å². The second kappa shape index (κ2) is 6.61.